The van der Waals surface area contributed by atoms with E-state index in [1.165, 1.54) is 17.5 Å². The lowest BCUT2D eigenvalue weighted by Crippen LogP contribution is -2.47. The number of carbonyl (C=O) groups is 2. The smallest absolute Gasteiger partial charge is 0.410 e. The van der Waals surface area contributed by atoms with Crippen LogP contribution in [0.5, 0.6) is 0 Å². The van der Waals surface area contributed by atoms with Gasteiger partial charge in [0.2, 0.25) is 0 Å². The van der Waals surface area contributed by atoms with Crippen molar-refractivity contribution in [3.8, 4) is 10.4 Å². The summed E-state index contributed by atoms with van der Waals surface area (Å²) in [7, 11) is 0. The first kappa shape index (κ1) is 23.3. The normalized spacial score (nSPS) is 16.6. The Bertz CT molecular complexity index is 1190. The molecule has 1 aliphatic rings. The average Bonchev–Trinajstić information content (AvgIpc) is 3.19. The summed E-state index contributed by atoms with van der Waals surface area (Å²) in [6.07, 6.45) is 2.97. The van der Waals surface area contributed by atoms with E-state index in [2.05, 4.69) is 10.3 Å². The summed E-state index contributed by atoms with van der Waals surface area (Å²) in [4.78, 5) is 31.8. The number of nitrogens with two attached hydrogens (primary N) is 1. The molecule has 0 aliphatic carbocycles. The Balaban J connectivity index is 1.62. The number of primary amides is 1. The molecule has 2 amide bonds. The molecule has 7 nitrogen and oxygen atoms in total. The minimum absolute atomic E-state index is 0.0141. The standard InChI is InChI=1S/C24H27ClN4O3S/c1-24(2,3)32-23(31)29-10-4-5-16(13-29)28-22-17-11-19(14-6-8-15(25)9-7-14)33-20(17)18(12-27-22)21(26)30/h6-9,11-12,16H,4-5,10,13H2,1-3H3,(H2,26,30)(H,27,28). The zero-order chi connectivity index (χ0) is 23.8. The van der Waals surface area contributed by atoms with Gasteiger partial charge in [0.15, 0.2) is 0 Å². The average molecular weight is 487 g/mol. The van der Waals surface area contributed by atoms with Crippen molar-refractivity contribution in [3.05, 3.63) is 47.1 Å². The number of pyridine rings is 1. The molecule has 0 spiro atoms. The highest BCUT2D eigenvalue weighted by Crippen LogP contribution is 2.39. The van der Waals surface area contributed by atoms with Crippen molar-refractivity contribution in [2.75, 3.05) is 18.4 Å². The Morgan fingerprint density at radius 3 is 2.67 bits per heavy atom. The third-order valence-electron chi connectivity index (χ3n) is 5.36. The van der Waals surface area contributed by atoms with Gasteiger partial charge in [0.05, 0.1) is 10.3 Å². The largest absolute Gasteiger partial charge is 0.444 e. The maximum Gasteiger partial charge on any atom is 0.410 e. The number of nitrogens with one attached hydrogen (secondary N) is 1. The molecular formula is C24H27ClN4O3S. The van der Waals surface area contributed by atoms with Gasteiger partial charge in [-0.05, 0) is 57.4 Å². The first-order chi connectivity index (χ1) is 15.6. The first-order valence-electron chi connectivity index (χ1n) is 10.8. The van der Waals surface area contributed by atoms with E-state index < -0.39 is 11.5 Å². The topological polar surface area (TPSA) is 97.6 Å². The highest BCUT2D eigenvalue weighted by Gasteiger charge is 2.28. The molecule has 9 heteroatoms. The lowest BCUT2D eigenvalue weighted by molar-refractivity contribution is 0.0206. The summed E-state index contributed by atoms with van der Waals surface area (Å²) in [5.41, 5.74) is 6.46. The van der Waals surface area contributed by atoms with Crippen LogP contribution in [0, 0.1) is 0 Å². The SMILES string of the molecule is CC(C)(C)OC(=O)N1CCCC(Nc2ncc(C(N)=O)c3sc(-c4ccc(Cl)cc4)cc23)C1. The molecule has 3 aromatic rings. The van der Waals surface area contributed by atoms with Crippen molar-refractivity contribution in [2.45, 2.75) is 45.3 Å². The van der Waals surface area contributed by atoms with Crippen LogP contribution in [-0.4, -0.2) is 46.6 Å². The van der Waals surface area contributed by atoms with E-state index in [0.717, 1.165) is 33.4 Å². The van der Waals surface area contributed by atoms with E-state index in [4.69, 9.17) is 22.1 Å². The Morgan fingerprint density at radius 2 is 2.00 bits per heavy atom. The Morgan fingerprint density at radius 1 is 1.27 bits per heavy atom. The van der Waals surface area contributed by atoms with E-state index in [1.807, 2.05) is 51.1 Å². The van der Waals surface area contributed by atoms with Gasteiger partial charge >= 0.3 is 6.09 Å². The number of likely N-dealkylation sites (tertiary alicyclic amines) is 1. The molecule has 3 N–H and O–H groups in total. The number of amides is 2. The van der Waals surface area contributed by atoms with Crippen molar-refractivity contribution in [1.82, 2.24) is 9.88 Å². The van der Waals surface area contributed by atoms with Crippen LogP contribution in [0.15, 0.2) is 36.5 Å². The highest BCUT2D eigenvalue weighted by molar-refractivity contribution is 7.22. The van der Waals surface area contributed by atoms with E-state index in [-0.39, 0.29) is 12.1 Å². The van der Waals surface area contributed by atoms with E-state index >= 15 is 0 Å². The van der Waals surface area contributed by atoms with Gasteiger partial charge in [-0.3, -0.25) is 4.79 Å². The van der Waals surface area contributed by atoms with Gasteiger partial charge in [-0.1, -0.05) is 23.7 Å². The van der Waals surface area contributed by atoms with Crippen LogP contribution >= 0.6 is 22.9 Å². The van der Waals surface area contributed by atoms with Gasteiger partial charge < -0.3 is 20.7 Å². The van der Waals surface area contributed by atoms with Crippen molar-refractivity contribution < 1.29 is 14.3 Å². The van der Waals surface area contributed by atoms with Crippen molar-refractivity contribution >= 4 is 50.8 Å². The molecule has 0 saturated carbocycles. The number of fused-ring (bicyclic) bond motifs is 1. The number of hydrogen-bond acceptors (Lipinski definition) is 6. The van der Waals surface area contributed by atoms with Crippen molar-refractivity contribution in [2.24, 2.45) is 5.73 Å². The predicted octanol–water partition coefficient (Wildman–Crippen LogP) is 5.53. The monoisotopic (exact) mass is 486 g/mol. The van der Waals surface area contributed by atoms with Gasteiger partial charge in [0.1, 0.15) is 11.4 Å². The van der Waals surface area contributed by atoms with Crippen LogP contribution in [-0.2, 0) is 4.74 Å². The molecule has 1 aliphatic heterocycles. The van der Waals surface area contributed by atoms with Crippen LogP contribution in [0.2, 0.25) is 5.02 Å². The fourth-order valence-electron chi connectivity index (χ4n) is 3.85. The number of ether oxygens (including phenoxy) is 1. The van der Waals surface area contributed by atoms with Gasteiger partial charge in [-0.25, -0.2) is 9.78 Å². The molecule has 0 radical (unpaired) electrons. The molecule has 1 saturated heterocycles. The molecule has 2 aromatic heterocycles. The van der Waals surface area contributed by atoms with Gasteiger partial charge in [0.25, 0.3) is 5.91 Å². The number of aromatic nitrogens is 1. The van der Waals surface area contributed by atoms with E-state index in [0.29, 0.717) is 29.5 Å². The molecule has 33 heavy (non-hydrogen) atoms. The zero-order valence-corrected chi connectivity index (χ0v) is 20.4. The molecule has 1 atom stereocenters. The quantitative estimate of drug-likeness (QED) is 0.505. The predicted molar refractivity (Wildman–Crippen MR) is 133 cm³/mol. The molecular weight excluding hydrogens is 460 g/mol. The number of carbonyl (C=O) groups excluding carboxylic acids is 2. The van der Waals surface area contributed by atoms with Crippen molar-refractivity contribution in [1.29, 1.82) is 0 Å². The second kappa shape index (κ2) is 9.19. The maximum absolute atomic E-state index is 12.5. The number of hydrogen-bond donors (Lipinski definition) is 2. The molecule has 1 aromatic carbocycles. The number of nitrogens with zero attached hydrogens (tertiary/aromatic N) is 2. The lowest BCUT2D eigenvalue weighted by Gasteiger charge is -2.34. The number of halogens is 1. The van der Waals surface area contributed by atoms with Gasteiger partial charge in [-0.15, -0.1) is 11.3 Å². The van der Waals surface area contributed by atoms with Gasteiger partial charge in [-0.2, -0.15) is 0 Å². The highest BCUT2D eigenvalue weighted by atomic mass is 35.5. The summed E-state index contributed by atoms with van der Waals surface area (Å²) in [5.74, 6) is 0.153. The third kappa shape index (κ3) is 5.39. The number of piperidine rings is 1. The van der Waals surface area contributed by atoms with Crippen LogP contribution in [0.3, 0.4) is 0 Å². The molecule has 174 valence electrons. The van der Waals surface area contributed by atoms with Crippen LogP contribution in [0.1, 0.15) is 44.0 Å². The van der Waals surface area contributed by atoms with Crippen molar-refractivity contribution in [3.63, 3.8) is 0 Å². The second-order valence-corrected chi connectivity index (χ2v) is 10.6. The molecule has 3 heterocycles. The Hall–Kier alpha value is -2.84. The number of benzene rings is 1. The Labute approximate surface area is 201 Å². The van der Waals surface area contributed by atoms with E-state index in [9.17, 15) is 9.59 Å². The summed E-state index contributed by atoms with van der Waals surface area (Å²) in [5, 5.41) is 4.97. The summed E-state index contributed by atoms with van der Waals surface area (Å²) < 4.78 is 6.32. The summed E-state index contributed by atoms with van der Waals surface area (Å²) in [6, 6.07) is 9.58. The fraction of sp³-hybridized carbons (Fsp3) is 0.375. The second-order valence-electron chi connectivity index (χ2n) is 9.15. The number of anilines is 1. The minimum atomic E-state index is -0.537. The van der Waals surface area contributed by atoms with Crippen LogP contribution in [0.4, 0.5) is 10.6 Å². The van der Waals surface area contributed by atoms with Crippen LogP contribution < -0.4 is 11.1 Å². The molecule has 1 fully saturated rings. The van der Waals surface area contributed by atoms with E-state index in [1.54, 1.807) is 4.90 Å². The minimum Gasteiger partial charge on any atom is -0.444 e. The molecule has 1 unspecified atom stereocenters. The Kier molecular flexibility index (Phi) is 6.50. The fourth-order valence-corrected chi connectivity index (χ4v) is 5.16. The van der Waals surface area contributed by atoms with Gasteiger partial charge in [0, 0.05) is 40.6 Å². The lowest BCUT2D eigenvalue weighted by atomic mass is 10.1. The molecule has 0 bridgehead atoms. The summed E-state index contributed by atoms with van der Waals surface area (Å²) in [6.45, 7) is 6.76. The third-order valence-corrected chi connectivity index (χ3v) is 6.83. The zero-order valence-electron chi connectivity index (χ0n) is 18.9. The number of rotatable bonds is 4. The number of thiophene rings is 1. The first-order valence-corrected chi connectivity index (χ1v) is 12.0. The van der Waals surface area contributed by atoms with Crippen LogP contribution in [0.25, 0.3) is 20.5 Å². The summed E-state index contributed by atoms with van der Waals surface area (Å²) >= 11 is 7.52. The molecule has 4 rings (SSSR count). The maximum atomic E-state index is 12.5.